The van der Waals surface area contributed by atoms with Gasteiger partial charge in [0.05, 0.1) is 16.8 Å². The van der Waals surface area contributed by atoms with E-state index in [0.29, 0.717) is 28.1 Å². The molecule has 0 atom stereocenters. The van der Waals surface area contributed by atoms with Crippen LogP contribution in [0.25, 0.3) is 0 Å². The van der Waals surface area contributed by atoms with Gasteiger partial charge in [-0.05, 0) is 32.0 Å². The molecule has 0 spiro atoms. The van der Waals surface area contributed by atoms with Crippen LogP contribution in [0.3, 0.4) is 0 Å². The Bertz CT molecular complexity index is 621. The summed E-state index contributed by atoms with van der Waals surface area (Å²) < 4.78 is 6.42. The summed E-state index contributed by atoms with van der Waals surface area (Å²) in [5.74, 6) is 0.805. The van der Waals surface area contributed by atoms with Gasteiger partial charge in [-0.15, -0.1) is 0 Å². The van der Waals surface area contributed by atoms with E-state index in [9.17, 15) is 0 Å². The van der Waals surface area contributed by atoms with Gasteiger partial charge < -0.3 is 15.8 Å². The molecule has 0 fully saturated rings. The van der Waals surface area contributed by atoms with Crippen LogP contribution in [0.1, 0.15) is 13.8 Å². The zero-order valence-corrected chi connectivity index (χ0v) is 13.4. The molecule has 7 heteroatoms. The molecular formula is C13H14BrClN4O. The first kappa shape index (κ1) is 14.9. The molecule has 0 aliphatic carbocycles. The molecule has 0 radical (unpaired) electrons. The van der Waals surface area contributed by atoms with Gasteiger partial charge in [-0.1, -0.05) is 27.5 Å². The minimum absolute atomic E-state index is 0.0190. The molecule has 106 valence electrons. The van der Waals surface area contributed by atoms with E-state index in [1.54, 1.807) is 6.07 Å². The predicted octanol–water partition coefficient (Wildman–Crippen LogP) is 4.01. The molecule has 0 saturated heterocycles. The maximum Gasteiger partial charge on any atom is 0.242 e. The summed E-state index contributed by atoms with van der Waals surface area (Å²) in [5.41, 5.74) is 7.04. The standard InChI is InChI=1S/C13H14BrClN4O/c1-7(2)20-13-11(16)12(17-6-18-13)19-10-5-8(14)3-4-9(10)15/h3-7H,16H2,1-2H3,(H,17,18,19). The third-order valence-electron chi connectivity index (χ3n) is 2.38. The maximum atomic E-state index is 6.12. The summed E-state index contributed by atoms with van der Waals surface area (Å²) >= 11 is 9.51. The Hall–Kier alpha value is -1.53. The molecule has 0 unspecified atom stereocenters. The number of aromatic nitrogens is 2. The molecule has 2 rings (SSSR count). The highest BCUT2D eigenvalue weighted by Gasteiger charge is 2.12. The van der Waals surface area contributed by atoms with Crippen LogP contribution in [0.5, 0.6) is 5.88 Å². The van der Waals surface area contributed by atoms with Crippen molar-refractivity contribution >= 4 is 44.7 Å². The third-order valence-corrected chi connectivity index (χ3v) is 3.20. The lowest BCUT2D eigenvalue weighted by Gasteiger charge is -2.14. The van der Waals surface area contributed by atoms with Gasteiger partial charge in [0.15, 0.2) is 5.82 Å². The Kier molecular flexibility index (Phi) is 4.67. The van der Waals surface area contributed by atoms with E-state index in [4.69, 9.17) is 22.1 Å². The minimum atomic E-state index is -0.0190. The summed E-state index contributed by atoms with van der Waals surface area (Å²) in [7, 11) is 0. The van der Waals surface area contributed by atoms with Gasteiger partial charge in [0.25, 0.3) is 0 Å². The first-order valence-corrected chi connectivity index (χ1v) is 7.13. The Morgan fingerprint density at radius 2 is 2.10 bits per heavy atom. The Morgan fingerprint density at radius 3 is 2.80 bits per heavy atom. The lowest BCUT2D eigenvalue weighted by atomic mass is 10.3. The van der Waals surface area contributed by atoms with Gasteiger partial charge in [0, 0.05) is 4.47 Å². The monoisotopic (exact) mass is 356 g/mol. The van der Waals surface area contributed by atoms with E-state index < -0.39 is 0 Å². The maximum absolute atomic E-state index is 6.12. The number of nitrogens with zero attached hydrogens (tertiary/aromatic N) is 2. The van der Waals surface area contributed by atoms with Crippen molar-refractivity contribution in [2.45, 2.75) is 20.0 Å². The van der Waals surface area contributed by atoms with Crippen LogP contribution in [0.4, 0.5) is 17.2 Å². The smallest absolute Gasteiger partial charge is 0.242 e. The second kappa shape index (κ2) is 6.28. The molecule has 0 saturated carbocycles. The van der Waals surface area contributed by atoms with E-state index in [2.05, 4.69) is 31.2 Å². The van der Waals surface area contributed by atoms with Crippen molar-refractivity contribution in [1.29, 1.82) is 0 Å². The largest absolute Gasteiger partial charge is 0.473 e. The van der Waals surface area contributed by atoms with Crippen molar-refractivity contribution in [2.24, 2.45) is 0 Å². The number of hydrogen-bond donors (Lipinski definition) is 2. The van der Waals surface area contributed by atoms with Crippen LogP contribution in [0.15, 0.2) is 29.0 Å². The molecule has 1 aromatic carbocycles. The van der Waals surface area contributed by atoms with E-state index in [0.717, 1.165) is 4.47 Å². The lowest BCUT2D eigenvalue weighted by Crippen LogP contribution is -2.10. The van der Waals surface area contributed by atoms with Crippen molar-refractivity contribution in [3.63, 3.8) is 0 Å². The van der Waals surface area contributed by atoms with E-state index in [1.807, 2.05) is 26.0 Å². The summed E-state index contributed by atoms with van der Waals surface area (Å²) in [5, 5.41) is 3.64. The molecule has 2 aromatic rings. The fraction of sp³-hybridized carbons (Fsp3) is 0.231. The number of ether oxygens (including phenoxy) is 1. The van der Waals surface area contributed by atoms with Gasteiger partial charge in [0.2, 0.25) is 5.88 Å². The molecule has 0 aliphatic rings. The van der Waals surface area contributed by atoms with Crippen LogP contribution in [0.2, 0.25) is 5.02 Å². The van der Waals surface area contributed by atoms with Crippen LogP contribution in [0, 0.1) is 0 Å². The average molecular weight is 358 g/mol. The molecule has 0 bridgehead atoms. The number of benzene rings is 1. The SMILES string of the molecule is CC(C)Oc1ncnc(Nc2cc(Br)ccc2Cl)c1N. The van der Waals surface area contributed by atoms with Crippen LogP contribution < -0.4 is 15.8 Å². The summed E-state index contributed by atoms with van der Waals surface area (Å²) in [4.78, 5) is 8.13. The molecule has 3 N–H and O–H groups in total. The van der Waals surface area contributed by atoms with Crippen molar-refractivity contribution < 1.29 is 4.74 Å². The lowest BCUT2D eigenvalue weighted by molar-refractivity contribution is 0.234. The van der Waals surface area contributed by atoms with Gasteiger partial charge in [0.1, 0.15) is 12.0 Å². The number of nitrogens with two attached hydrogens (primary N) is 1. The predicted molar refractivity (Wildman–Crippen MR) is 84.6 cm³/mol. The molecular weight excluding hydrogens is 344 g/mol. The Balaban J connectivity index is 2.32. The second-order valence-corrected chi connectivity index (χ2v) is 5.68. The van der Waals surface area contributed by atoms with Crippen molar-refractivity contribution in [2.75, 3.05) is 11.1 Å². The fourth-order valence-corrected chi connectivity index (χ4v) is 2.04. The molecule has 0 aliphatic heterocycles. The van der Waals surface area contributed by atoms with Crippen molar-refractivity contribution in [3.05, 3.63) is 34.0 Å². The molecule has 0 amide bonds. The molecule has 1 heterocycles. The normalized spacial score (nSPS) is 10.7. The first-order valence-electron chi connectivity index (χ1n) is 5.96. The summed E-state index contributed by atoms with van der Waals surface area (Å²) in [6.45, 7) is 3.81. The highest BCUT2D eigenvalue weighted by molar-refractivity contribution is 9.10. The van der Waals surface area contributed by atoms with Gasteiger partial charge in [-0.25, -0.2) is 4.98 Å². The third kappa shape index (κ3) is 3.52. The van der Waals surface area contributed by atoms with Gasteiger partial charge in [-0.3, -0.25) is 0 Å². The Labute approximate surface area is 130 Å². The number of hydrogen-bond acceptors (Lipinski definition) is 5. The van der Waals surface area contributed by atoms with Gasteiger partial charge >= 0.3 is 0 Å². The minimum Gasteiger partial charge on any atom is -0.473 e. The molecule has 20 heavy (non-hydrogen) atoms. The summed E-state index contributed by atoms with van der Waals surface area (Å²) in [6.07, 6.45) is 1.37. The van der Waals surface area contributed by atoms with Gasteiger partial charge in [-0.2, -0.15) is 4.98 Å². The highest BCUT2D eigenvalue weighted by atomic mass is 79.9. The zero-order chi connectivity index (χ0) is 14.7. The topological polar surface area (TPSA) is 73.1 Å². The van der Waals surface area contributed by atoms with E-state index >= 15 is 0 Å². The summed E-state index contributed by atoms with van der Waals surface area (Å²) in [6, 6.07) is 5.47. The van der Waals surface area contributed by atoms with Crippen LogP contribution in [-0.2, 0) is 0 Å². The van der Waals surface area contributed by atoms with E-state index in [1.165, 1.54) is 6.33 Å². The number of halogens is 2. The molecule has 1 aromatic heterocycles. The van der Waals surface area contributed by atoms with Crippen molar-refractivity contribution in [3.8, 4) is 5.88 Å². The zero-order valence-electron chi connectivity index (χ0n) is 11.0. The van der Waals surface area contributed by atoms with Crippen LogP contribution in [-0.4, -0.2) is 16.1 Å². The molecule has 5 nitrogen and oxygen atoms in total. The van der Waals surface area contributed by atoms with Crippen LogP contribution >= 0.6 is 27.5 Å². The fourth-order valence-electron chi connectivity index (χ4n) is 1.52. The average Bonchev–Trinajstić information content (AvgIpc) is 2.38. The highest BCUT2D eigenvalue weighted by Crippen LogP contribution is 2.32. The quantitative estimate of drug-likeness (QED) is 0.865. The van der Waals surface area contributed by atoms with Crippen molar-refractivity contribution in [1.82, 2.24) is 9.97 Å². The number of anilines is 3. The van der Waals surface area contributed by atoms with E-state index in [-0.39, 0.29) is 6.10 Å². The Morgan fingerprint density at radius 1 is 1.35 bits per heavy atom. The first-order chi connectivity index (χ1) is 9.47. The second-order valence-electron chi connectivity index (χ2n) is 4.36. The number of nitrogen functional groups attached to an aromatic ring is 1. The number of nitrogens with one attached hydrogen (secondary N) is 1. The number of rotatable bonds is 4.